The molecule has 0 bridgehead atoms. The van der Waals surface area contributed by atoms with E-state index in [2.05, 4.69) is 16.9 Å². The molecule has 0 saturated heterocycles. The van der Waals surface area contributed by atoms with Crippen molar-refractivity contribution >= 4 is 17.4 Å². The largest absolute Gasteiger partial charge is 0.356 e. The zero-order valence-corrected chi connectivity index (χ0v) is 11.2. The molecule has 0 aliphatic heterocycles. The van der Waals surface area contributed by atoms with Gasteiger partial charge in [-0.1, -0.05) is 11.6 Å². The van der Waals surface area contributed by atoms with E-state index >= 15 is 0 Å². The highest BCUT2D eigenvalue weighted by Crippen LogP contribution is 2.40. The Kier molecular flexibility index (Phi) is 2.74. The lowest BCUT2D eigenvalue weighted by molar-refractivity contribution is 0.398. The summed E-state index contributed by atoms with van der Waals surface area (Å²) in [6.07, 6.45) is 6.31. The molecule has 0 aromatic carbocycles. The molecule has 3 nitrogen and oxygen atoms in total. The highest BCUT2D eigenvalue weighted by molar-refractivity contribution is 6.30. The third-order valence-electron chi connectivity index (χ3n) is 3.98. The number of hydrogen-bond acceptors (Lipinski definition) is 3. The molecule has 2 aliphatic carbocycles. The summed E-state index contributed by atoms with van der Waals surface area (Å²) in [5.74, 6) is 2.54. The molecule has 0 amide bonds. The Morgan fingerprint density at radius 3 is 2.41 bits per heavy atom. The van der Waals surface area contributed by atoms with Gasteiger partial charge in [0.1, 0.15) is 16.8 Å². The minimum atomic E-state index is 0.557. The van der Waals surface area contributed by atoms with Crippen LogP contribution in [0.3, 0.4) is 0 Å². The van der Waals surface area contributed by atoms with Gasteiger partial charge in [-0.15, -0.1) is 0 Å². The zero-order valence-electron chi connectivity index (χ0n) is 10.4. The van der Waals surface area contributed by atoms with Gasteiger partial charge in [-0.25, -0.2) is 9.97 Å². The van der Waals surface area contributed by atoms with Gasteiger partial charge in [0.2, 0.25) is 0 Å². The molecule has 0 spiro atoms. The number of halogens is 1. The molecule has 0 radical (unpaired) electrons. The molecule has 1 heterocycles. The fraction of sp³-hybridized carbons (Fsp3) is 0.692. The molecule has 0 N–H and O–H groups in total. The van der Waals surface area contributed by atoms with Gasteiger partial charge >= 0.3 is 0 Å². The summed E-state index contributed by atoms with van der Waals surface area (Å²) < 4.78 is 0. The van der Waals surface area contributed by atoms with E-state index in [1.54, 1.807) is 0 Å². The van der Waals surface area contributed by atoms with E-state index in [1.165, 1.54) is 32.1 Å². The van der Waals surface area contributed by atoms with E-state index < -0.39 is 0 Å². The highest BCUT2D eigenvalue weighted by atomic mass is 35.5. The van der Waals surface area contributed by atoms with Crippen molar-refractivity contribution in [2.45, 2.75) is 51.0 Å². The molecular formula is C13H18ClN3. The average Bonchev–Trinajstić information content (AvgIpc) is 3.02. The number of hydrogen-bond donors (Lipinski definition) is 0. The second-order valence-corrected chi connectivity index (χ2v) is 5.65. The Labute approximate surface area is 107 Å². The van der Waals surface area contributed by atoms with E-state index in [4.69, 9.17) is 16.6 Å². The van der Waals surface area contributed by atoms with Crippen LogP contribution in [0.5, 0.6) is 0 Å². The molecular weight excluding hydrogens is 234 g/mol. The minimum Gasteiger partial charge on any atom is -0.356 e. The van der Waals surface area contributed by atoms with E-state index in [-0.39, 0.29) is 0 Å². The summed E-state index contributed by atoms with van der Waals surface area (Å²) in [5, 5.41) is 0.628. The topological polar surface area (TPSA) is 29.0 Å². The molecule has 2 aliphatic rings. The molecule has 0 unspecified atom stereocenters. The summed E-state index contributed by atoms with van der Waals surface area (Å²) in [4.78, 5) is 11.4. The first-order chi connectivity index (χ1) is 8.16. The molecule has 92 valence electrons. The van der Waals surface area contributed by atoms with Crippen molar-refractivity contribution in [2.24, 2.45) is 0 Å². The maximum atomic E-state index is 6.22. The molecule has 0 atom stereocenters. The number of anilines is 1. The lowest BCUT2D eigenvalue weighted by Crippen LogP contribution is -2.38. The summed E-state index contributed by atoms with van der Waals surface area (Å²) in [6, 6.07) is 0.645. The van der Waals surface area contributed by atoms with Crippen LogP contribution < -0.4 is 4.90 Å². The second kappa shape index (κ2) is 4.13. The summed E-state index contributed by atoms with van der Waals surface area (Å²) in [5.41, 5.74) is 1.02. The molecule has 3 rings (SSSR count). The first-order valence-electron chi connectivity index (χ1n) is 6.43. The number of rotatable bonds is 3. The normalized spacial score (nSPS) is 20.2. The van der Waals surface area contributed by atoms with Crippen molar-refractivity contribution in [2.75, 3.05) is 11.9 Å². The Morgan fingerprint density at radius 1 is 1.18 bits per heavy atom. The Morgan fingerprint density at radius 2 is 1.88 bits per heavy atom. The van der Waals surface area contributed by atoms with Gasteiger partial charge in [-0.3, -0.25) is 0 Å². The zero-order chi connectivity index (χ0) is 12.0. The molecule has 17 heavy (non-hydrogen) atoms. The predicted octanol–water partition coefficient (Wildman–Crippen LogP) is 3.30. The minimum absolute atomic E-state index is 0.557. The first kappa shape index (κ1) is 11.3. The van der Waals surface area contributed by atoms with Crippen molar-refractivity contribution in [3.63, 3.8) is 0 Å². The second-order valence-electron chi connectivity index (χ2n) is 5.29. The van der Waals surface area contributed by atoms with Gasteiger partial charge in [0, 0.05) is 24.6 Å². The van der Waals surface area contributed by atoms with Crippen molar-refractivity contribution in [3.05, 3.63) is 16.5 Å². The smallest absolute Gasteiger partial charge is 0.137 e. The van der Waals surface area contributed by atoms with Gasteiger partial charge in [0.15, 0.2) is 0 Å². The van der Waals surface area contributed by atoms with E-state index in [1.807, 2.05) is 6.92 Å². The van der Waals surface area contributed by atoms with Crippen LogP contribution in [0.2, 0.25) is 5.15 Å². The Bertz CT molecular complexity index is 439. The van der Waals surface area contributed by atoms with Gasteiger partial charge in [0.05, 0.1) is 0 Å². The lowest BCUT2D eigenvalue weighted by Gasteiger charge is -2.36. The third kappa shape index (κ3) is 2.01. The summed E-state index contributed by atoms with van der Waals surface area (Å²) in [6.45, 7) is 2.02. The summed E-state index contributed by atoms with van der Waals surface area (Å²) >= 11 is 6.22. The average molecular weight is 252 g/mol. The lowest BCUT2D eigenvalue weighted by atomic mass is 9.92. The van der Waals surface area contributed by atoms with Crippen LogP contribution in [-0.4, -0.2) is 23.1 Å². The van der Waals surface area contributed by atoms with Gasteiger partial charge in [0.25, 0.3) is 0 Å². The monoisotopic (exact) mass is 251 g/mol. The van der Waals surface area contributed by atoms with Crippen molar-refractivity contribution in [3.8, 4) is 0 Å². The molecule has 1 aromatic rings. The maximum Gasteiger partial charge on any atom is 0.137 e. The SMILES string of the molecule is Cc1c(Cl)nc(C2CC2)nc1N(C)C1CCC1. The van der Waals surface area contributed by atoms with Crippen LogP contribution in [0.25, 0.3) is 0 Å². The fourth-order valence-corrected chi connectivity index (χ4v) is 2.48. The third-order valence-corrected chi connectivity index (χ3v) is 4.35. The van der Waals surface area contributed by atoms with Crippen LogP contribution in [0.4, 0.5) is 5.82 Å². The van der Waals surface area contributed by atoms with Crippen LogP contribution in [0.1, 0.15) is 49.4 Å². The van der Waals surface area contributed by atoms with Gasteiger partial charge in [-0.2, -0.15) is 0 Å². The number of aromatic nitrogens is 2. The van der Waals surface area contributed by atoms with Gasteiger partial charge in [-0.05, 0) is 39.0 Å². The maximum absolute atomic E-state index is 6.22. The quantitative estimate of drug-likeness (QED) is 0.772. The number of nitrogens with zero attached hydrogens (tertiary/aromatic N) is 3. The molecule has 1 aromatic heterocycles. The fourth-order valence-electron chi connectivity index (χ4n) is 2.31. The van der Waals surface area contributed by atoms with Crippen LogP contribution in [0, 0.1) is 6.92 Å². The van der Waals surface area contributed by atoms with E-state index in [0.29, 0.717) is 17.1 Å². The molecule has 4 heteroatoms. The predicted molar refractivity (Wildman–Crippen MR) is 69.8 cm³/mol. The van der Waals surface area contributed by atoms with Gasteiger partial charge < -0.3 is 4.90 Å². The first-order valence-corrected chi connectivity index (χ1v) is 6.81. The van der Waals surface area contributed by atoms with Crippen molar-refractivity contribution in [1.82, 2.24) is 9.97 Å². The van der Waals surface area contributed by atoms with Crippen LogP contribution >= 0.6 is 11.6 Å². The Balaban J connectivity index is 1.95. The van der Waals surface area contributed by atoms with Crippen molar-refractivity contribution in [1.29, 1.82) is 0 Å². The molecule has 2 fully saturated rings. The van der Waals surface area contributed by atoms with E-state index in [0.717, 1.165) is 17.2 Å². The van der Waals surface area contributed by atoms with Crippen LogP contribution in [-0.2, 0) is 0 Å². The Hall–Kier alpha value is -0.830. The van der Waals surface area contributed by atoms with Crippen molar-refractivity contribution < 1.29 is 0 Å². The van der Waals surface area contributed by atoms with E-state index in [9.17, 15) is 0 Å². The standard InChI is InChI=1S/C13H18ClN3/c1-8-11(14)15-12(9-6-7-9)16-13(8)17(2)10-4-3-5-10/h9-10H,3-7H2,1-2H3. The van der Waals surface area contributed by atoms with Crippen LogP contribution in [0.15, 0.2) is 0 Å². The summed E-state index contributed by atoms with van der Waals surface area (Å²) in [7, 11) is 2.13. The highest BCUT2D eigenvalue weighted by Gasteiger charge is 2.30. The molecule has 2 saturated carbocycles.